The third-order valence-corrected chi connectivity index (χ3v) is 6.99. The van der Waals surface area contributed by atoms with Crippen molar-refractivity contribution in [2.24, 2.45) is 0 Å². The van der Waals surface area contributed by atoms with Gasteiger partial charge in [-0.05, 0) is 68.8 Å². The molecule has 1 saturated heterocycles. The van der Waals surface area contributed by atoms with Crippen LogP contribution in [0, 0.1) is 13.8 Å². The molecule has 1 aromatic heterocycles. The first kappa shape index (κ1) is 24.2. The van der Waals surface area contributed by atoms with Crippen LogP contribution in [0.4, 0.5) is 0 Å². The highest BCUT2D eigenvalue weighted by atomic mass is 35.5. The number of hydrogen-bond donors (Lipinski definition) is 0. The number of hydrogen-bond acceptors (Lipinski definition) is 3. The second kappa shape index (κ2) is 10.6. The van der Waals surface area contributed by atoms with Gasteiger partial charge in [0.1, 0.15) is 0 Å². The predicted octanol–water partition coefficient (Wildman–Crippen LogP) is 5.87. The highest BCUT2D eigenvalue weighted by molar-refractivity contribution is 6.30. The summed E-state index contributed by atoms with van der Waals surface area (Å²) in [6.45, 7) is 11.9. The zero-order valence-corrected chi connectivity index (χ0v) is 21.2. The molecule has 0 radical (unpaired) electrons. The van der Waals surface area contributed by atoms with Crippen LogP contribution < -0.4 is 0 Å². The molecule has 1 unspecified atom stereocenters. The quantitative estimate of drug-likeness (QED) is 0.400. The Morgan fingerprint density at radius 3 is 2.50 bits per heavy atom. The van der Waals surface area contributed by atoms with Gasteiger partial charge in [-0.25, -0.2) is 4.68 Å². The number of carbonyl (C=O) groups excluding carboxylic acids is 1. The van der Waals surface area contributed by atoms with Gasteiger partial charge >= 0.3 is 0 Å². The molecule has 1 amide bonds. The van der Waals surface area contributed by atoms with Gasteiger partial charge in [0.15, 0.2) is 0 Å². The van der Waals surface area contributed by atoms with Crippen molar-refractivity contribution in [2.75, 3.05) is 26.2 Å². The lowest BCUT2D eigenvalue weighted by atomic mass is 10.1. The van der Waals surface area contributed by atoms with Crippen molar-refractivity contribution in [1.82, 2.24) is 19.6 Å². The molecule has 0 saturated carbocycles. The first-order chi connectivity index (χ1) is 16.4. The second-order valence-electron chi connectivity index (χ2n) is 8.85. The van der Waals surface area contributed by atoms with Crippen molar-refractivity contribution in [1.29, 1.82) is 0 Å². The number of likely N-dealkylation sites (N-methyl/N-ethyl adjacent to an activating group) is 1. The Bertz CT molecular complexity index is 1180. The fourth-order valence-electron chi connectivity index (χ4n) is 4.85. The van der Waals surface area contributed by atoms with Crippen molar-refractivity contribution < 1.29 is 4.79 Å². The summed E-state index contributed by atoms with van der Waals surface area (Å²) in [4.78, 5) is 17.9. The van der Waals surface area contributed by atoms with Crippen LogP contribution >= 0.6 is 11.6 Å². The summed E-state index contributed by atoms with van der Waals surface area (Å²) in [5.41, 5.74) is 5.48. The highest BCUT2D eigenvalue weighted by Gasteiger charge is 2.32. The van der Waals surface area contributed by atoms with Crippen LogP contribution in [-0.4, -0.2) is 57.7 Å². The Morgan fingerprint density at radius 2 is 1.79 bits per heavy atom. The smallest absolute Gasteiger partial charge is 0.257 e. The lowest BCUT2D eigenvalue weighted by Crippen LogP contribution is -2.38. The predicted molar refractivity (Wildman–Crippen MR) is 141 cm³/mol. The van der Waals surface area contributed by atoms with E-state index in [0.29, 0.717) is 6.04 Å². The number of amides is 1. The maximum Gasteiger partial charge on any atom is 0.257 e. The van der Waals surface area contributed by atoms with E-state index in [0.717, 1.165) is 71.4 Å². The number of aryl methyl sites for hydroxylation is 1. The third kappa shape index (κ3) is 5.11. The van der Waals surface area contributed by atoms with Crippen molar-refractivity contribution in [3.63, 3.8) is 0 Å². The van der Waals surface area contributed by atoms with Crippen LogP contribution in [-0.2, 0) is 0 Å². The van der Waals surface area contributed by atoms with Gasteiger partial charge in [0.2, 0.25) is 0 Å². The Hall–Kier alpha value is -2.89. The molecule has 0 bridgehead atoms. The van der Waals surface area contributed by atoms with E-state index in [2.05, 4.69) is 43.0 Å². The van der Waals surface area contributed by atoms with E-state index >= 15 is 0 Å². The van der Waals surface area contributed by atoms with Crippen LogP contribution in [0.15, 0.2) is 48.5 Å². The molecule has 34 heavy (non-hydrogen) atoms. The van der Waals surface area contributed by atoms with Crippen molar-refractivity contribution >= 4 is 29.7 Å². The second-order valence-corrected chi connectivity index (χ2v) is 9.29. The summed E-state index contributed by atoms with van der Waals surface area (Å²) in [7, 11) is 0. The maximum absolute atomic E-state index is 13.5. The van der Waals surface area contributed by atoms with E-state index in [1.807, 2.05) is 59.8 Å². The standard InChI is InChI=1S/C28H33ClN4O/c1-5-31(6-2)26-16-17-32(19-26)28(34)27-20(3)30-33(21(27)4)25-9-7-8-23(18-25)11-10-22-12-14-24(29)15-13-22/h7-15,18,26H,5-6,16-17,19H2,1-4H3/b11-10+. The van der Waals surface area contributed by atoms with Gasteiger partial charge in [0.25, 0.3) is 5.91 Å². The van der Waals surface area contributed by atoms with Crippen molar-refractivity contribution in [2.45, 2.75) is 40.2 Å². The van der Waals surface area contributed by atoms with Crippen LogP contribution in [0.3, 0.4) is 0 Å². The number of halogens is 1. The number of rotatable bonds is 7. The lowest BCUT2D eigenvalue weighted by Gasteiger charge is -2.26. The number of nitrogens with zero attached hydrogens (tertiary/aromatic N) is 4. The maximum atomic E-state index is 13.5. The Labute approximate surface area is 207 Å². The molecule has 6 heteroatoms. The number of benzene rings is 2. The normalized spacial score (nSPS) is 16.2. The van der Waals surface area contributed by atoms with Gasteiger partial charge in [-0.2, -0.15) is 5.10 Å². The fourth-order valence-corrected chi connectivity index (χ4v) is 4.98. The minimum absolute atomic E-state index is 0.0923. The number of likely N-dealkylation sites (tertiary alicyclic amines) is 1. The molecular weight excluding hydrogens is 444 g/mol. The molecule has 0 aliphatic carbocycles. The van der Waals surface area contributed by atoms with E-state index < -0.39 is 0 Å². The minimum Gasteiger partial charge on any atom is -0.337 e. The van der Waals surface area contributed by atoms with Gasteiger partial charge < -0.3 is 4.90 Å². The van der Waals surface area contributed by atoms with Gasteiger partial charge in [-0.1, -0.05) is 61.9 Å². The van der Waals surface area contributed by atoms with Gasteiger partial charge in [-0.3, -0.25) is 9.69 Å². The third-order valence-electron chi connectivity index (χ3n) is 6.74. The van der Waals surface area contributed by atoms with E-state index in [9.17, 15) is 4.79 Å². The van der Waals surface area contributed by atoms with Crippen LogP contribution in [0.1, 0.15) is 53.1 Å². The average Bonchev–Trinajstić information content (AvgIpc) is 3.44. The molecule has 0 N–H and O–H groups in total. The molecule has 3 aromatic rings. The number of carbonyl (C=O) groups is 1. The van der Waals surface area contributed by atoms with Gasteiger partial charge in [-0.15, -0.1) is 0 Å². The minimum atomic E-state index is 0.0923. The topological polar surface area (TPSA) is 41.4 Å². The Kier molecular flexibility index (Phi) is 7.54. The Morgan fingerprint density at radius 1 is 1.09 bits per heavy atom. The van der Waals surface area contributed by atoms with Gasteiger partial charge in [0.05, 0.1) is 22.6 Å². The summed E-state index contributed by atoms with van der Waals surface area (Å²) >= 11 is 5.98. The van der Waals surface area contributed by atoms with Crippen molar-refractivity contribution in [3.05, 3.63) is 81.6 Å². The lowest BCUT2D eigenvalue weighted by molar-refractivity contribution is 0.0776. The number of aromatic nitrogens is 2. The van der Waals surface area contributed by atoms with E-state index in [1.165, 1.54) is 0 Å². The highest BCUT2D eigenvalue weighted by Crippen LogP contribution is 2.24. The summed E-state index contributed by atoms with van der Waals surface area (Å²) in [6.07, 6.45) is 5.16. The zero-order valence-electron chi connectivity index (χ0n) is 20.5. The summed E-state index contributed by atoms with van der Waals surface area (Å²) < 4.78 is 1.89. The monoisotopic (exact) mass is 476 g/mol. The molecule has 2 heterocycles. The largest absolute Gasteiger partial charge is 0.337 e. The molecule has 5 nitrogen and oxygen atoms in total. The summed E-state index contributed by atoms with van der Waals surface area (Å²) in [5, 5.41) is 5.48. The molecule has 1 fully saturated rings. The first-order valence-electron chi connectivity index (χ1n) is 12.0. The van der Waals surface area contributed by atoms with Gasteiger partial charge in [0, 0.05) is 24.2 Å². The van der Waals surface area contributed by atoms with Crippen molar-refractivity contribution in [3.8, 4) is 5.69 Å². The van der Waals surface area contributed by atoms with E-state index in [-0.39, 0.29) is 5.91 Å². The van der Waals surface area contributed by atoms with E-state index in [4.69, 9.17) is 16.7 Å². The van der Waals surface area contributed by atoms with Crippen LogP contribution in [0.25, 0.3) is 17.8 Å². The summed E-state index contributed by atoms with van der Waals surface area (Å²) in [5.74, 6) is 0.0923. The molecule has 2 aromatic carbocycles. The average molecular weight is 477 g/mol. The van der Waals surface area contributed by atoms with Crippen LogP contribution in [0.5, 0.6) is 0 Å². The fraction of sp³-hybridized carbons (Fsp3) is 0.357. The molecule has 178 valence electrons. The molecular formula is C28H33ClN4O. The molecule has 4 rings (SSSR count). The molecule has 1 aliphatic heterocycles. The van der Waals surface area contributed by atoms with Crippen LogP contribution in [0.2, 0.25) is 5.02 Å². The molecule has 0 spiro atoms. The zero-order chi connectivity index (χ0) is 24.2. The SMILES string of the molecule is CCN(CC)C1CCN(C(=O)c2c(C)nn(-c3cccc(/C=C/c4ccc(Cl)cc4)c3)c2C)C1. The summed E-state index contributed by atoms with van der Waals surface area (Å²) in [6, 6.07) is 16.4. The molecule has 1 aliphatic rings. The first-order valence-corrected chi connectivity index (χ1v) is 12.4. The molecule has 1 atom stereocenters. The van der Waals surface area contributed by atoms with E-state index in [1.54, 1.807) is 0 Å². The Balaban J connectivity index is 1.55.